The van der Waals surface area contributed by atoms with E-state index in [1.54, 1.807) is 0 Å². The van der Waals surface area contributed by atoms with Crippen LogP contribution >= 0.6 is 0 Å². The summed E-state index contributed by atoms with van der Waals surface area (Å²) in [6.45, 7) is 13.0. The van der Waals surface area contributed by atoms with Crippen LogP contribution in [0.15, 0.2) is 0 Å². The van der Waals surface area contributed by atoms with Crippen molar-refractivity contribution in [2.24, 2.45) is 17.3 Å². The van der Waals surface area contributed by atoms with Crippen molar-refractivity contribution in [2.45, 2.75) is 66.7 Å². The van der Waals surface area contributed by atoms with Gasteiger partial charge in [0.15, 0.2) is 0 Å². The van der Waals surface area contributed by atoms with Crippen molar-refractivity contribution in [3.63, 3.8) is 0 Å². The molecule has 0 saturated heterocycles. The summed E-state index contributed by atoms with van der Waals surface area (Å²) in [5.41, 5.74) is 0.461. The molecule has 16 heavy (non-hydrogen) atoms. The zero-order chi connectivity index (χ0) is 12.6. The average Bonchev–Trinajstić information content (AvgIpc) is 2.24. The molecule has 98 valence electrons. The molecule has 0 aromatic heterocycles. The molecule has 0 aromatic rings. The lowest BCUT2D eigenvalue weighted by Crippen LogP contribution is -2.36. The number of hydrogen-bond acceptors (Lipinski definition) is 1. The van der Waals surface area contributed by atoms with E-state index in [0.717, 1.165) is 18.4 Å². The Morgan fingerprint density at radius 3 is 2.19 bits per heavy atom. The summed E-state index contributed by atoms with van der Waals surface area (Å²) in [7, 11) is 2.08. The summed E-state index contributed by atoms with van der Waals surface area (Å²) in [5.74, 6) is 1.68. The molecule has 0 rings (SSSR count). The van der Waals surface area contributed by atoms with Crippen molar-refractivity contribution >= 4 is 0 Å². The molecule has 2 atom stereocenters. The van der Waals surface area contributed by atoms with Gasteiger partial charge < -0.3 is 5.32 Å². The Hall–Kier alpha value is -0.0400. The highest BCUT2D eigenvalue weighted by Gasteiger charge is 2.29. The SMILES string of the molecule is CCCCC(CC)CC(C)(CNC)C(C)C. The third-order valence-electron chi connectivity index (χ3n) is 4.27. The lowest BCUT2D eigenvalue weighted by molar-refractivity contribution is 0.153. The van der Waals surface area contributed by atoms with Gasteiger partial charge >= 0.3 is 0 Å². The van der Waals surface area contributed by atoms with Gasteiger partial charge in [-0.15, -0.1) is 0 Å². The van der Waals surface area contributed by atoms with Crippen LogP contribution in [0.4, 0.5) is 0 Å². The standard InChI is InChI=1S/C15H33N/c1-7-9-10-14(8-2)11-15(5,12-16-6)13(3)4/h13-14,16H,7-12H2,1-6H3. The first-order valence-corrected chi connectivity index (χ1v) is 7.14. The predicted octanol–water partition coefficient (Wildman–Crippen LogP) is 4.47. The summed E-state index contributed by atoms with van der Waals surface area (Å²) in [4.78, 5) is 0. The van der Waals surface area contributed by atoms with E-state index < -0.39 is 0 Å². The van der Waals surface area contributed by atoms with E-state index in [9.17, 15) is 0 Å². The highest BCUT2D eigenvalue weighted by molar-refractivity contribution is 4.82. The third-order valence-corrected chi connectivity index (χ3v) is 4.27. The van der Waals surface area contributed by atoms with Gasteiger partial charge in [0.05, 0.1) is 0 Å². The van der Waals surface area contributed by atoms with Crippen molar-refractivity contribution < 1.29 is 0 Å². The van der Waals surface area contributed by atoms with Crippen LogP contribution in [0.5, 0.6) is 0 Å². The molecule has 1 heteroatoms. The first-order valence-electron chi connectivity index (χ1n) is 7.14. The Balaban J connectivity index is 4.34. The lowest BCUT2D eigenvalue weighted by Gasteiger charge is -2.37. The maximum absolute atomic E-state index is 3.38. The van der Waals surface area contributed by atoms with E-state index in [1.165, 1.54) is 32.1 Å². The molecule has 0 aromatic carbocycles. The molecule has 0 spiro atoms. The van der Waals surface area contributed by atoms with E-state index in [4.69, 9.17) is 0 Å². The van der Waals surface area contributed by atoms with Gasteiger partial charge in [-0.25, -0.2) is 0 Å². The molecule has 0 radical (unpaired) electrons. The highest BCUT2D eigenvalue weighted by Crippen LogP contribution is 2.36. The third kappa shape index (κ3) is 5.34. The summed E-state index contributed by atoms with van der Waals surface area (Å²) in [6, 6.07) is 0. The summed E-state index contributed by atoms with van der Waals surface area (Å²) in [6.07, 6.45) is 6.86. The molecule has 0 aliphatic heterocycles. The van der Waals surface area contributed by atoms with Gasteiger partial charge in [0, 0.05) is 6.54 Å². The van der Waals surface area contributed by atoms with Crippen LogP contribution in [0.2, 0.25) is 0 Å². The largest absolute Gasteiger partial charge is 0.319 e. The average molecular weight is 227 g/mol. The first kappa shape index (κ1) is 16.0. The normalized spacial score (nSPS) is 17.4. The predicted molar refractivity (Wildman–Crippen MR) is 74.8 cm³/mol. The minimum absolute atomic E-state index is 0.461. The van der Waals surface area contributed by atoms with Gasteiger partial charge in [0.25, 0.3) is 0 Å². The molecule has 0 fully saturated rings. The van der Waals surface area contributed by atoms with E-state index >= 15 is 0 Å². The number of nitrogens with one attached hydrogen (secondary N) is 1. The van der Waals surface area contributed by atoms with Gasteiger partial charge in [0.1, 0.15) is 0 Å². The molecular weight excluding hydrogens is 194 g/mol. The summed E-state index contributed by atoms with van der Waals surface area (Å²) in [5, 5.41) is 3.38. The van der Waals surface area contributed by atoms with Crippen LogP contribution in [-0.4, -0.2) is 13.6 Å². The van der Waals surface area contributed by atoms with Crippen LogP contribution in [0.1, 0.15) is 66.7 Å². The van der Waals surface area contributed by atoms with Gasteiger partial charge in [-0.2, -0.15) is 0 Å². The molecule has 0 bridgehead atoms. The van der Waals surface area contributed by atoms with E-state index in [0.29, 0.717) is 5.41 Å². The Kier molecular flexibility index (Phi) is 8.09. The quantitative estimate of drug-likeness (QED) is 0.612. The number of rotatable bonds is 9. The van der Waals surface area contributed by atoms with Gasteiger partial charge in [-0.3, -0.25) is 0 Å². The van der Waals surface area contributed by atoms with Gasteiger partial charge in [0.2, 0.25) is 0 Å². The summed E-state index contributed by atoms with van der Waals surface area (Å²) >= 11 is 0. The van der Waals surface area contributed by atoms with Crippen LogP contribution < -0.4 is 5.32 Å². The molecule has 0 amide bonds. The van der Waals surface area contributed by atoms with Crippen molar-refractivity contribution in [1.29, 1.82) is 0 Å². The minimum Gasteiger partial charge on any atom is -0.319 e. The maximum atomic E-state index is 3.38. The topological polar surface area (TPSA) is 12.0 Å². The summed E-state index contributed by atoms with van der Waals surface area (Å²) < 4.78 is 0. The van der Waals surface area contributed by atoms with Gasteiger partial charge in [-0.1, -0.05) is 60.3 Å². The Bertz CT molecular complexity index is 165. The molecule has 0 heterocycles. The lowest BCUT2D eigenvalue weighted by atomic mass is 9.71. The van der Waals surface area contributed by atoms with Crippen molar-refractivity contribution in [3.8, 4) is 0 Å². The Morgan fingerprint density at radius 2 is 1.81 bits per heavy atom. The molecule has 2 unspecified atom stereocenters. The first-order chi connectivity index (χ1) is 7.50. The van der Waals surface area contributed by atoms with Crippen LogP contribution in [0.3, 0.4) is 0 Å². The molecule has 1 nitrogen and oxygen atoms in total. The second-order valence-electron chi connectivity index (χ2n) is 5.96. The van der Waals surface area contributed by atoms with E-state index in [2.05, 4.69) is 47.0 Å². The van der Waals surface area contributed by atoms with Crippen LogP contribution in [0, 0.1) is 17.3 Å². The zero-order valence-electron chi connectivity index (χ0n) is 12.4. The zero-order valence-corrected chi connectivity index (χ0v) is 12.4. The van der Waals surface area contributed by atoms with Crippen molar-refractivity contribution in [3.05, 3.63) is 0 Å². The number of unbranched alkanes of at least 4 members (excludes halogenated alkanes) is 1. The highest BCUT2D eigenvalue weighted by atomic mass is 14.8. The Labute approximate surface area is 103 Å². The van der Waals surface area contributed by atoms with E-state index in [1.807, 2.05) is 0 Å². The molecule has 0 aliphatic carbocycles. The fourth-order valence-electron chi connectivity index (χ4n) is 2.52. The van der Waals surface area contributed by atoms with Gasteiger partial charge in [-0.05, 0) is 30.7 Å². The smallest absolute Gasteiger partial charge is 0.000471 e. The van der Waals surface area contributed by atoms with Crippen LogP contribution in [-0.2, 0) is 0 Å². The molecule has 0 saturated carbocycles. The minimum atomic E-state index is 0.461. The molecule has 1 N–H and O–H groups in total. The molecule has 0 aliphatic rings. The van der Waals surface area contributed by atoms with Crippen molar-refractivity contribution in [1.82, 2.24) is 5.32 Å². The fourth-order valence-corrected chi connectivity index (χ4v) is 2.52. The van der Waals surface area contributed by atoms with Crippen molar-refractivity contribution in [2.75, 3.05) is 13.6 Å². The monoisotopic (exact) mass is 227 g/mol. The second-order valence-corrected chi connectivity index (χ2v) is 5.96. The Morgan fingerprint density at radius 1 is 1.19 bits per heavy atom. The van der Waals surface area contributed by atoms with E-state index in [-0.39, 0.29) is 0 Å². The number of hydrogen-bond donors (Lipinski definition) is 1. The molecular formula is C15H33N. The maximum Gasteiger partial charge on any atom is 0.000471 e. The second kappa shape index (κ2) is 8.11. The fraction of sp³-hybridized carbons (Fsp3) is 1.00. The van der Waals surface area contributed by atoms with Crippen LogP contribution in [0.25, 0.3) is 0 Å².